The number of hydrogen-bond acceptors (Lipinski definition) is 3. The molecule has 0 unspecified atom stereocenters. The SMILES string of the molecule is C#CCN(C(=O)O)N(C)CC(=O)O. The Morgan fingerprint density at radius 3 is 2.31 bits per heavy atom. The first kappa shape index (κ1) is 11.3. The van der Waals surface area contributed by atoms with Crippen molar-refractivity contribution >= 4 is 12.1 Å². The van der Waals surface area contributed by atoms with E-state index in [0.29, 0.717) is 0 Å². The summed E-state index contributed by atoms with van der Waals surface area (Å²) < 4.78 is 0. The molecule has 0 atom stereocenters. The second-order valence-electron chi connectivity index (χ2n) is 2.25. The van der Waals surface area contributed by atoms with Crippen molar-refractivity contribution in [3.05, 3.63) is 0 Å². The molecule has 13 heavy (non-hydrogen) atoms. The van der Waals surface area contributed by atoms with Crippen LogP contribution in [0.2, 0.25) is 0 Å². The van der Waals surface area contributed by atoms with Gasteiger partial charge in [-0.25, -0.2) is 14.8 Å². The first-order valence-corrected chi connectivity index (χ1v) is 3.35. The zero-order valence-electron chi connectivity index (χ0n) is 7.10. The molecule has 6 nitrogen and oxygen atoms in total. The van der Waals surface area contributed by atoms with Crippen molar-refractivity contribution in [3.8, 4) is 12.3 Å². The zero-order valence-corrected chi connectivity index (χ0v) is 7.10. The lowest BCUT2D eigenvalue weighted by atomic mass is 10.6. The second kappa shape index (κ2) is 5.00. The van der Waals surface area contributed by atoms with Crippen LogP contribution in [0, 0.1) is 12.3 Å². The van der Waals surface area contributed by atoms with E-state index < -0.39 is 18.6 Å². The Morgan fingerprint density at radius 1 is 1.46 bits per heavy atom. The molecule has 0 saturated heterocycles. The van der Waals surface area contributed by atoms with Crippen LogP contribution in [0.3, 0.4) is 0 Å². The maximum Gasteiger partial charge on any atom is 0.422 e. The van der Waals surface area contributed by atoms with Gasteiger partial charge in [-0.15, -0.1) is 6.42 Å². The highest BCUT2D eigenvalue weighted by atomic mass is 16.4. The second-order valence-corrected chi connectivity index (χ2v) is 2.25. The van der Waals surface area contributed by atoms with Crippen LogP contribution in [0.5, 0.6) is 0 Å². The van der Waals surface area contributed by atoms with E-state index in [4.69, 9.17) is 16.6 Å². The van der Waals surface area contributed by atoms with Crippen LogP contribution >= 0.6 is 0 Å². The topological polar surface area (TPSA) is 81.1 Å². The van der Waals surface area contributed by atoms with Crippen molar-refractivity contribution < 1.29 is 19.8 Å². The lowest BCUT2D eigenvalue weighted by Gasteiger charge is -2.25. The highest BCUT2D eigenvalue weighted by molar-refractivity contribution is 5.70. The molecule has 0 aromatic rings. The van der Waals surface area contributed by atoms with Crippen LogP contribution in [-0.4, -0.2) is 52.4 Å². The Bertz CT molecular complexity index is 245. The van der Waals surface area contributed by atoms with E-state index in [1.54, 1.807) is 0 Å². The largest absolute Gasteiger partial charge is 0.480 e. The lowest BCUT2D eigenvalue weighted by Crippen LogP contribution is -2.45. The summed E-state index contributed by atoms with van der Waals surface area (Å²) in [5.74, 6) is 0.994. The Balaban J connectivity index is 4.29. The fourth-order valence-electron chi connectivity index (χ4n) is 0.702. The van der Waals surface area contributed by atoms with Gasteiger partial charge in [-0.2, -0.15) is 0 Å². The molecule has 0 rings (SSSR count). The summed E-state index contributed by atoms with van der Waals surface area (Å²) >= 11 is 0. The molecule has 0 aliphatic heterocycles. The molecular weight excluding hydrogens is 176 g/mol. The molecule has 0 aromatic carbocycles. The molecular formula is C7H10N2O4. The van der Waals surface area contributed by atoms with Crippen molar-refractivity contribution in [2.75, 3.05) is 20.1 Å². The predicted molar refractivity (Wildman–Crippen MR) is 43.8 cm³/mol. The molecule has 0 aromatic heterocycles. The third-order valence-electron chi connectivity index (χ3n) is 1.24. The third kappa shape index (κ3) is 3.98. The smallest absolute Gasteiger partial charge is 0.422 e. The van der Waals surface area contributed by atoms with Gasteiger partial charge in [0, 0.05) is 7.05 Å². The van der Waals surface area contributed by atoms with E-state index in [2.05, 4.69) is 5.92 Å². The van der Waals surface area contributed by atoms with E-state index in [1.807, 2.05) is 0 Å². The molecule has 0 spiro atoms. The first-order chi connectivity index (χ1) is 5.99. The van der Waals surface area contributed by atoms with Crippen LogP contribution in [-0.2, 0) is 4.79 Å². The molecule has 2 N–H and O–H groups in total. The number of hydrogen-bond donors (Lipinski definition) is 2. The molecule has 0 radical (unpaired) electrons. The third-order valence-corrected chi connectivity index (χ3v) is 1.24. The molecule has 0 saturated carbocycles. The standard InChI is InChI=1S/C7H10N2O4/c1-3-4-9(7(12)13)8(2)5-6(10)11/h1H,4-5H2,2H3,(H,10,11)(H,12,13). The van der Waals surface area contributed by atoms with Crippen molar-refractivity contribution in [1.82, 2.24) is 10.0 Å². The van der Waals surface area contributed by atoms with Gasteiger partial charge >= 0.3 is 12.1 Å². The zero-order chi connectivity index (χ0) is 10.4. The normalized spacial score (nSPS) is 9.31. The number of hydrazine groups is 1. The molecule has 0 aliphatic rings. The fourth-order valence-corrected chi connectivity index (χ4v) is 0.702. The molecule has 1 amide bonds. The maximum absolute atomic E-state index is 10.5. The number of amides is 1. The average Bonchev–Trinajstić information content (AvgIpc) is 1.97. The van der Waals surface area contributed by atoms with Crippen LogP contribution < -0.4 is 0 Å². The number of carbonyl (C=O) groups is 2. The predicted octanol–water partition coefficient (Wildman–Crippen LogP) is -0.469. The van der Waals surface area contributed by atoms with Gasteiger partial charge in [-0.3, -0.25) is 4.79 Å². The highest BCUT2D eigenvalue weighted by Gasteiger charge is 2.17. The van der Waals surface area contributed by atoms with Crippen molar-refractivity contribution in [2.24, 2.45) is 0 Å². The number of carboxylic acid groups (broad SMARTS) is 2. The van der Waals surface area contributed by atoms with E-state index in [-0.39, 0.29) is 6.54 Å². The lowest BCUT2D eigenvalue weighted by molar-refractivity contribution is -0.141. The van der Waals surface area contributed by atoms with E-state index in [0.717, 1.165) is 10.0 Å². The number of carboxylic acids is 1. The van der Waals surface area contributed by atoms with Crippen LogP contribution in [0.4, 0.5) is 4.79 Å². The van der Waals surface area contributed by atoms with Gasteiger partial charge in [0.1, 0.15) is 13.1 Å². The molecule has 72 valence electrons. The molecule has 0 heterocycles. The molecule has 0 aliphatic carbocycles. The van der Waals surface area contributed by atoms with E-state index in [9.17, 15) is 9.59 Å². The van der Waals surface area contributed by atoms with Gasteiger partial charge in [-0.05, 0) is 0 Å². The summed E-state index contributed by atoms with van der Waals surface area (Å²) in [6, 6.07) is 0. The van der Waals surface area contributed by atoms with Crippen molar-refractivity contribution in [1.29, 1.82) is 0 Å². The first-order valence-electron chi connectivity index (χ1n) is 3.35. The summed E-state index contributed by atoms with van der Waals surface area (Å²) in [4.78, 5) is 20.7. The number of rotatable bonds is 4. The summed E-state index contributed by atoms with van der Waals surface area (Å²) in [5.41, 5.74) is 0. The summed E-state index contributed by atoms with van der Waals surface area (Å²) in [6.45, 7) is -0.576. The van der Waals surface area contributed by atoms with Gasteiger partial charge in [-0.1, -0.05) is 5.92 Å². The van der Waals surface area contributed by atoms with Gasteiger partial charge < -0.3 is 10.2 Å². The molecule has 0 bridgehead atoms. The number of nitrogens with zero attached hydrogens (tertiary/aromatic N) is 2. The monoisotopic (exact) mass is 186 g/mol. The fraction of sp³-hybridized carbons (Fsp3) is 0.429. The Kier molecular flexibility index (Phi) is 4.33. The maximum atomic E-state index is 10.5. The minimum Gasteiger partial charge on any atom is -0.480 e. The average molecular weight is 186 g/mol. The number of likely N-dealkylation sites (N-methyl/N-ethyl adjacent to an activating group) is 1. The van der Waals surface area contributed by atoms with Gasteiger partial charge in [0.15, 0.2) is 0 Å². The van der Waals surface area contributed by atoms with Crippen molar-refractivity contribution in [3.63, 3.8) is 0 Å². The Morgan fingerprint density at radius 2 is 2.00 bits per heavy atom. The quantitative estimate of drug-likeness (QED) is 0.458. The molecule has 0 fully saturated rings. The van der Waals surface area contributed by atoms with E-state index in [1.165, 1.54) is 7.05 Å². The van der Waals surface area contributed by atoms with Crippen LogP contribution in [0.15, 0.2) is 0 Å². The Labute approximate surface area is 75.3 Å². The summed E-state index contributed by atoms with van der Waals surface area (Å²) in [6.07, 6.45) is 3.63. The van der Waals surface area contributed by atoms with Gasteiger partial charge in [0.25, 0.3) is 0 Å². The van der Waals surface area contributed by atoms with Gasteiger partial charge in [0.2, 0.25) is 0 Å². The molecule has 6 heteroatoms. The number of terminal acetylenes is 1. The van der Waals surface area contributed by atoms with Crippen LogP contribution in [0.25, 0.3) is 0 Å². The van der Waals surface area contributed by atoms with Crippen LogP contribution in [0.1, 0.15) is 0 Å². The van der Waals surface area contributed by atoms with Crippen molar-refractivity contribution in [2.45, 2.75) is 0 Å². The summed E-state index contributed by atoms with van der Waals surface area (Å²) in [7, 11) is 1.33. The van der Waals surface area contributed by atoms with E-state index >= 15 is 0 Å². The Hall–Kier alpha value is -1.74. The minimum atomic E-state index is -1.28. The van der Waals surface area contributed by atoms with Gasteiger partial charge in [0.05, 0.1) is 0 Å². The summed E-state index contributed by atoms with van der Waals surface area (Å²) in [5, 5.41) is 18.7. The number of aliphatic carboxylic acids is 1. The highest BCUT2D eigenvalue weighted by Crippen LogP contribution is 1.94. The minimum absolute atomic E-state index is 0.168.